The quantitative estimate of drug-likeness (QED) is 0.706. The van der Waals surface area contributed by atoms with Crippen molar-refractivity contribution in [1.82, 2.24) is 10.2 Å². The molecule has 29 heavy (non-hydrogen) atoms. The number of hydrogen-bond donors (Lipinski definition) is 1. The van der Waals surface area contributed by atoms with Gasteiger partial charge in [0.25, 0.3) is 5.91 Å². The number of benzene rings is 2. The molecule has 1 N–H and O–H groups in total. The van der Waals surface area contributed by atoms with Crippen LogP contribution in [0.25, 0.3) is 0 Å². The summed E-state index contributed by atoms with van der Waals surface area (Å²) in [6.07, 6.45) is 2.63. The van der Waals surface area contributed by atoms with Gasteiger partial charge in [-0.1, -0.05) is 31.2 Å². The minimum absolute atomic E-state index is 0.0176. The Kier molecular flexibility index (Phi) is 7.70. The van der Waals surface area contributed by atoms with Gasteiger partial charge < -0.3 is 10.2 Å². The van der Waals surface area contributed by atoms with E-state index in [9.17, 15) is 4.79 Å². The third kappa shape index (κ3) is 6.07. The molecule has 0 spiro atoms. The van der Waals surface area contributed by atoms with Crippen LogP contribution < -0.4 is 10.2 Å². The second kappa shape index (κ2) is 10.4. The van der Waals surface area contributed by atoms with E-state index in [-0.39, 0.29) is 5.91 Å². The van der Waals surface area contributed by atoms with Gasteiger partial charge in [0, 0.05) is 44.0 Å². The van der Waals surface area contributed by atoms with E-state index in [2.05, 4.69) is 72.3 Å². The summed E-state index contributed by atoms with van der Waals surface area (Å²) < 4.78 is 0. The highest BCUT2D eigenvalue weighted by Gasteiger charge is 2.16. The number of nitrogens with one attached hydrogen (secondary N) is 1. The number of carbonyl (C=O) groups excluding carboxylic acids is 1. The first-order valence-corrected chi connectivity index (χ1v) is 11.0. The van der Waals surface area contributed by atoms with E-state index in [0.717, 1.165) is 36.7 Å². The Morgan fingerprint density at radius 3 is 2.31 bits per heavy atom. The zero-order chi connectivity index (χ0) is 20.6. The fourth-order valence-corrected chi connectivity index (χ4v) is 4.15. The van der Waals surface area contributed by atoms with Gasteiger partial charge >= 0.3 is 0 Å². The summed E-state index contributed by atoms with van der Waals surface area (Å²) in [7, 11) is 0. The molecule has 3 rings (SSSR count). The predicted octanol–water partition coefficient (Wildman–Crippen LogP) is 4.69. The first-order chi connectivity index (χ1) is 14.1. The number of hydrogen-bond acceptors (Lipinski definition) is 3. The smallest absolute Gasteiger partial charge is 0.251 e. The van der Waals surface area contributed by atoms with Crippen molar-refractivity contribution in [3.05, 3.63) is 65.2 Å². The fourth-order valence-electron chi connectivity index (χ4n) is 4.15. The summed E-state index contributed by atoms with van der Waals surface area (Å²) in [4.78, 5) is 17.3. The van der Waals surface area contributed by atoms with Crippen molar-refractivity contribution in [2.45, 2.75) is 46.7 Å². The van der Waals surface area contributed by atoms with E-state index < -0.39 is 0 Å². The fraction of sp³-hybridized carbons (Fsp3) is 0.480. The van der Waals surface area contributed by atoms with Gasteiger partial charge in [0.15, 0.2) is 0 Å². The number of piperidine rings is 1. The standard InChI is InChI=1S/C25H35N3O/c1-4-28(5-2)24-14-10-21(11-15-24)17-26-25(29)23-12-8-22(9-13-23)19-27-16-6-7-20(3)18-27/h8-15,20H,4-7,16-19H2,1-3H3,(H,26,29). The Bertz CT molecular complexity index is 766. The van der Waals surface area contributed by atoms with Gasteiger partial charge in [-0.3, -0.25) is 9.69 Å². The molecule has 1 atom stereocenters. The lowest BCUT2D eigenvalue weighted by molar-refractivity contribution is 0.0951. The van der Waals surface area contributed by atoms with Crippen LogP contribution in [0.2, 0.25) is 0 Å². The van der Waals surface area contributed by atoms with E-state index in [1.165, 1.54) is 37.2 Å². The van der Waals surface area contributed by atoms with Crippen molar-refractivity contribution in [3.8, 4) is 0 Å². The predicted molar refractivity (Wildman–Crippen MR) is 121 cm³/mol. The van der Waals surface area contributed by atoms with Crippen molar-refractivity contribution in [3.63, 3.8) is 0 Å². The summed E-state index contributed by atoms with van der Waals surface area (Å²) in [6, 6.07) is 16.5. The molecule has 4 nitrogen and oxygen atoms in total. The molecule has 0 saturated carbocycles. The van der Waals surface area contributed by atoms with Crippen LogP contribution in [0, 0.1) is 5.92 Å². The molecule has 1 aliphatic rings. The molecule has 2 aromatic carbocycles. The monoisotopic (exact) mass is 393 g/mol. The first-order valence-electron chi connectivity index (χ1n) is 11.0. The molecule has 0 bridgehead atoms. The molecular formula is C25H35N3O. The van der Waals surface area contributed by atoms with Crippen molar-refractivity contribution in [2.75, 3.05) is 31.1 Å². The second-order valence-corrected chi connectivity index (χ2v) is 8.20. The Hall–Kier alpha value is -2.33. The van der Waals surface area contributed by atoms with Crippen LogP contribution in [-0.2, 0) is 13.1 Å². The van der Waals surface area contributed by atoms with E-state index in [4.69, 9.17) is 0 Å². The first kappa shape index (κ1) is 21.4. The maximum atomic E-state index is 12.5. The molecule has 1 unspecified atom stereocenters. The van der Waals surface area contributed by atoms with Gasteiger partial charge in [0.05, 0.1) is 0 Å². The molecule has 1 heterocycles. The molecule has 1 aliphatic heterocycles. The van der Waals surface area contributed by atoms with Crippen molar-refractivity contribution < 1.29 is 4.79 Å². The van der Waals surface area contributed by atoms with Crippen molar-refractivity contribution >= 4 is 11.6 Å². The van der Waals surface area contributed by atoms with Gasteiger partial charge in [-0.2, -0.15) is 0 Å². The average molecular weight is 394 g/mol. The van der Waals surface area contributed by atoms with E-state index in [0.29, 0.717) is 6.54 Å². The van der Waals surface area contributed by atoms with Gasteiger partial charge in [-0.15, -0.1) is 0 Å². The third-order valence-corrected chi connectivity index (χ3v) is 5.88. The van der Waals surface area contributed by atoms with E-state index >= 15 is 0 Å². The molecular weight excluding hydrogens is 358 g/mol. The maximum Gasteiger partial charge on any atom is 0.251 e. The molecule has 4 heteroatoms. The highest BCUT2D eigenvalue weighted by Crippen LogP contribution is 2.18. The third-order valence-electron chi connectivity index (χ3n) is 5.88. The molecule has 156 valence electrons. The van der Waals surface area contributed by atoms with Crippen LogP contribution >= 0.6 is 0 Å². The van der Waals surface area contributed by atoms with Crippen LogP contribution in [0.5, 0.6) is 0 Å². The van der Waals surface area contributed by atoms with Crippen LogP contribution in [0.15, 0.2) is 48.5 Å². The number of amides is 1. The number of nitrogens with zero attached hydrogens (tertiary/aromatic N) is 2. The lowest BCUT2D eigenvalue weighted by Crippen LogP contribution is -2.33. The summed E-state index contributed by atoms with van der Waals surface area (Å²) in [6.45, 7) is 12.5. The Balaban J connectivity index is 1.50. The molecule has 0 aromatic heterocycles. The zero-order valence-electron chi connectivity index (χ0n) is 18.2. The topological polar surface area (TPSA) is 35.6 Å². The normalized spacial score (nSPS) is 17.1. The molecule has 1 saturated heterocycles. The minimum Gasteiger partial charge on any atom is -0.372 e. The number of rotatable bonds is 8. The number of likely N-dealkylation sites (tertiary alicyclic amines) is 1. The molecule has 0 radical (unpaired) electrons. The minimum atomic E-state index is -0.0176. The highest BCUT2D eigenvalue weighted by molar-refractivity contribution is 5.94. The van der Waals surface area contributed by atoms with Crippen molar-refractivity contribution in [2.24, 2.45) is 5.92 Å². The van der Waals surface area contributed by atoms with Crippen molar-refractivity contribution in [1.29, 1.82) is 0 Å². The summed E-state index contributed by atoms with van der Waals surface area (Å²) >= 11 is 0. The largest absolute Gasteiger partial charge is 0.372 e. The SMILES string of the molecule is CCN(CC)c1ccc(CNC(=O)c2ccc(CN3CCCC(C)C3)cc2)cc1. The van der Waals surface area contributed by atoms with E-state index in [1.807, 2.05) is 12.1 Å². The molecule has 0 aliphatic carbocycles. The number of carbonyl (C=O) groups is 1. The Morgan fingerprint density at radius 1 is 1.03 bits per heavy atom. The molecule has 1 amide bonds. The van der Waals surface area contributed by atoms with Crippen LogP contribution in [-0.4, -0.2) is 37.0 Å². The zero-order valence-corrected chi connectivity index (χ0v) is 18.2. The Morgan fingerprint density at radius 2 is 1.69 bits per heavy atom. The molecule has 2 aromatic rings. The molecule has 1 fully saturated rings. The lowest BCUT2D eigenvalue weighted by Gasteiger charge is -2.30. The lowest BCUT2D eigenvalue weighted by atomic mass is 9.99. The summed E-state index contributed by atoms with van der Waals surface area (Å²) in [5, 5.41) is 3.04. The van der Waals surface area contributed by atoms with Gasteiger partial charge in [-0.25, -0.2) is 0 Å². The summed E-state index contributed by atoms with van der Waals surface area (Å²) in [5.74, 6) is 0.769. The van der Waals surface area contributed by atoms with E-state index in [1.54, 1.807) is 0 Å². The number of anilines is 1. The van der Waals surface area contributed by atoms with Gasteiger partial charge in [0.1, 0.15) is 0 Å². The van der Waals surface area contributed by atoms with Gasteiger partial charge in [-0.05, 0) is 74.5 Å². The van der Waals surface area contributed by atoms with Crippen LogP contribution in [0.1, 0.15) is 55.1 Å². The van der Waals surface area contributed by atoms with Crippen LogP contribution in [0.3, 0.4) is 0 Å². The second-order valence-electron chi connectivity index (χ2n) is 8.20. The van der Waals surface area contributed by atoms with Crippen LogP contribution in [0.4, 0.5) is 5.69 Å². The van der Waals surface area contributed by atoms with Gasteiger partial charge in [0.2, 0.25) is 0 Å². The average Bonchev–Trinajstić information content (AvgIpc) is 2.74. The Labute approximate surface area is 175 Å². The summed E-state index contributed by atoms with van der Waals surface area (Å²) in [5.41, 5.74) is 4.34. The highest BCUT2D eigenvalue weighted by atomic mass is 16.1. The maximum absolute atomic E-state index is 12.5.